The zero-order valence-corrected chi connectivity index (χ0v) is 12.9. The molecule has 0 aliphatic rings. The number of hydrogen-bond acceptors (Lipinski definition) is 1. The van der Waals surface area contributed by atoms with Gasteiger partial charge >= 0.3 is 0 Å². The molecule has 19 heavy (non-hydrogen) atoms. The molecule has 1 nitrogen and oxygen atoms in total. The molecule has 0 N–H and O–H groups in total. The summed E-state index contributed by atoms with van der Waals surface area (Å²) >= 11 is 0. The van der Waals surface area contributed by atoms with Gasteiger partial charge in [0.05, 0.1) is 6.07 Å². The highest BCUT2D eigenvalue weighted by Crippen LogP contribution is 2.13. The lowest BCUT2D eigenvalue weighted by Crippen LogP contribution is -1.83. The summed E-state index contributed by atoms with van der Waals surface area (Å²) in [7, 11) is 0. The van der Waals surface area contributed by atoms with Gasteiger partial charge in [-0.15, -0.1) is 0 Å². The molecule has 1 radical (unpaired) electrons. The Morgan fingerprint density at radius 3 is 1.47 bits per heavy atom. The Hall–Kier alpha value is -0.770. The van der Waals surface area contributed by atoms with Gasteiger partial charge in [-0.05, 0) is 19.4 Å². The average Bonchev–Trinajstić information content (AvgIpc) is 2.43. The average molecular weight is 262 g/mol. The molecule has 0 aromatic rings. The lowest BCUT2D eigenvalue weighted by molar-refractivity contribution is 0.539. The van der Waals surface area contributed by atoms with E-state index >= 15 is 0 Å². The molecule has 0 atom stereocenters. The normalized spacial score (nSPS) is 10.3. The lowest BCUT2D eigenvalue weighted by atomic mass is 10.0. The molecule has 0 saturated heterocycles. The van der Waals surface area contributed by atoms with Crippen LogP contribution in [0.4, 0.5) is 0 Å². The van der Waals surface area contributed by atoms with Crippen LogP contribution in [0.15, 0.2) is 5.57 Å². The Bertz CT molecular complexity index is 237. The first-order valence-corrected chi connectivity index (χ1v) is 8.32. The van der Waals surface area contributed by atoms with Crippen molar-refractivity contribution in [3.63, 3.8) is 0 Å². The van der Waals surface area contributed by atoms with E-state index in [9.17, 15) is 0 Å². The highest BCUT2D eigenvalue weighted by atomic mass is 14.2. The van der Waals surface area contributed by atoms with Crippen LogP contribution in [-0.4, -0.2) is 0 Å². The highest BCUT2D eigenvalue weighted by molar-refractivity contribution is 5.12. The summed E-state index contributed by atoms with van der Waals surface area (Å²) < 4.78 is 0. The summed E-state index contributed by atoms with van der Waals surface area (Å²) in [6.45, 7) is 7.74. The number of rotatable bonds is 14. The van der Waals surface area contributed by atoms with Crippen LogP contribution < -0.4 is 0 Å². The molecule has 0 spiro atoms. The minimum absolute atomic E-state index is 0.489. The molecule has 0 heterocycles. The third kappa shape index (κ3) is 15.2. The summed E-state index contributed by atoms with van der Waals surface area (Å²) in [5.41, 5.74) is 0.489. The number of hydrogen-bond donors (Lipinski definition) is 0. The standard InChI is InChI=1S/C18H32N/c1-3-4-5-6-7-8-9-10-11-12-13-14-15-16-18(2)17-19/h2H,3-16H2,1H3. The van der Waals surface area contributed by atoms with Gasteiger partial charge in [-0.1, -0.05) is 84.0 Å². The summed E-state index contributed by atoms with van der Waals surface area (Å²) in [6, 6.07) is 2.00. The van der Waals surface area contributed by atoms with Crippen molar-refractivity contribution >= 4 is 0 Å². The number of allylic oxidation sites excluding steroid dienone is 1. The van der Waals surface area contributed by atoms with Crippen molar-refractivity contribution in [2.24, 2.45) is 0 Å². The minimum atomic E-state index is 0.489. The monoisotopic (exact) mass is 262 g/mol. The Kier molecular flexibility index (Phi) is 14.7. The number of nitriles is 1. The Labute approximate surface area is 121 Å². The number of unbranched alkanes of at least 4 members (excludes halogenated alkanes) is 12. The molecule has 1 heteroatoms. The second kappa shape index (κ2) is 15.3. The molecule has 0 unspecified atom stereocenters. The van der Waals surface area contributed by atoms with E-state index in [0.717, 1.165) is 12.8 Å². The first-order valence-electron chi connectivity index (χ1n) is 8.32. The van der Waals surface area contributed by atoms with Crippen molar-refractivity contribution in [3.8, 4) is 6.07 Å². The maximum Gasteiger partial charge on any atom is 0.0947 e. The van der Waals surface area contributed by atoms with Crippen LogP contribution in [0.25, 0.3) is 0 Å². The van der Waals surface area contributed by atoms with Crippen LogP contribution in [0.3, 0.4) is 0 Å². The van der Waals surface area contributed by atoms with Crippen molar-refractivity contribution < 1.29 is 0 Å². The largest absolute Gasteiger partial charge is 0.193 e. The molecule has 0 bridgehead atoms. The van der Waals surface area contributed by atoms with E-state index in [1.165, 1.54) is 77.0 Å². The third-order valence-electron chi connectivity index (χ3n) is 3.69. The first-order chi connectivity index (χ1) is 9.31. The van der Waals surface area contributed by atoms with Crippen molar-refractivity contribution in [2.45, 2.75) is 96.8 Å². The molecule has 0 fully saturated rings. The summed E-state index contributed by atoms with van der Waals surface area (Å²) in [4.78, 5) is 0. The van der Waals surface area contributed by atoms with E-state index < -0.39 is 0 Å². The quantitative estimate of drug-likeness (QED) is 0.264. The van der Waals surface area contributed by atoms with Crippen molar-refractivity contribution in [1.29, 1.82) is 5.26 Å². The first kappa shape index (κ1) is 18.2. The van der Waals surface area contributed by atoms with Gasteiger partial charge in [0.1, 0.15) is 0 Å². The Morgan fingerprint density at radius 2 is 1.11 bits per heavy atom. The van der Waals surface area contributed by atoms with Gasteiger partial charge < -0.3 is 0 Å². The van der Waals surface area contributed by atoms with Crippen molar-refractivity contribution in [1.82, 2.24) is 0 Å². The molecule has 0 aromatic heterocycles. The fraction of sp³-hybridized carbons (Fsp3) is 0.833. The summed E-state index contributed by atoms with van der Waals surface area (Å²) in [6.07, 6.45) is 18.4. The van der Waals surface area contributed by atoms with Crippen LogP contribution in [0.5, 0.6) is 0 Å². The van der Waals surface area contributed by atoms with Crippen LogP contribution in [0.1, 0.15) is 96.8 Å². The lowest BCUT2D eigenvalue weighted by Gasteiger charge is -2.02. The molecule has 109 valence electrons. The van der Waals surface area contributed by atoms with Crippen molar-refractivity contribution in [3.05, 3.63) is 12.2 Å². The predicted octanol–water partition coefficient (Wildman–Crippen LogP) is 6.35. The Balaban J connectivity index is 2.99. The fourth-order valence-electron chi connectivity index (χ4n) is 2.39. The van der Waals surface area contributed by atoms with E-state index in [1.807, 2.05) is 6.07 Å². The highest BCUT2D eigenvalue weighted by Gasteiger charge is 1.95. The third-order valence-corrected chi connectivity index (χ3v) is 3.69. The molecule has 0 aromatic carbocycles. The van der Waals surface area contributed by atoms with Crippen LogP contribution in [0.2, 0.25) is 0 Å². The Morgan fingerprint density at radius 1 is 0.737 bits per heavy atom. The zero-order valence-electron chi connectivity index (χ0n) is 12.9. The topological polar surface area (TPSA) is 23.8 Å². The SMILES string of the molecule is [CH]=C(C#N)CCCCCCCCCCCCCCC. The van der Waals surface area contributed by atoms with Gasteiger partial charge in [0.25, 0.3) is 0 Å². The maximum atomic E-state index is 8.51. The summed E-state index contributed by atoms with van der Waals surface area (Å²) in [5, 5.41) is 8.51. The molecular formula is C18H32N. The molecule has 0 amide bonds. The van der Waals surface area contributed by atoms with Crippen LogP contribution in [-0.2, 0) is 0 Å². The van der Waals surface area contributed by atoms with Gasteiger partial charge in [0.15, 0.2) is 0 Å². The van der Waals surface area contributed by atoms with Gasteiger partial charge in [0.2, 0.25) is 0 Å². The smallest absolute Gasteiger partial charge is 0.0947 e. The second-order valence-electron chi connectivity index (χ2n) is 5.63. The molecule has 0 aliphatic carbocycles. The van der Waals surface area contributed by atoms with Gasteiger partial charge in [0, 0.05) is 5.57 Å². The molecule has 0 rings (SSSR count). The zero-order chi connectivity index (χ0) is 14.2. The van der Waals surface area contributed by atoms with Gasteiger partial charge in [-0.2, -0.15) is 5.26 Å². The van der Waals surface area contributed by atoms with Gasteiger partial charge in [-0.3, -0.25) is 0 Å². The minimum Gasteiger partial charge on any atom is -0.193 e. The predicted molar refractivity (Wildman–Crippen MR) is 83.7 cm³/mol. The maximum absolute atomic E-state index is 8.51. The van der Waals surface area contributed by atoms with Crippen molar-refractivity contribution in [2.75, 3.05) is 0 Å². The van der Waals surface area contributed by atoms with E-state index in [1.54, 1.807) is 0 Å². The summed E-state index contributed by atoms with van der Waals surface area (Å²) in [5.74, 6) is 0. The van der Waals surface area contributed by atoms with E-state index in [2.05, 4.69) is 6.92 Å². The fourth-order valence-corrected chi connectivity index (χ4v) is 2.39. The van der Waals surface area contributed by atoms with E-state index in [4.69, 9.17) is 11.8 Å². The van der Waals surface area contributed by atoms with E-state index in [-0.39, 0.29) is 0 Å². The number of nitrogens with zero attached hydrogens (tertiary/aromatic N) is 1. The molecular weight excluding hydrogens is 230 g/mol. The van der Waals surface area contributed by atoms with Gasteiger partial charge in [-0.25, -0.2) is 0 Å². The molecule has 0 aliphatic heterocycles. The van der Waals surface area contributed by atoms with E-state index in [0.29, 0.717) is 5.57 Å². The second-order valence-corrected chi connectivity index (χ2v) is 5.63. The van der Waals surface area contributed by atoms with Crippen LogP contribution in [0, 0.1) is 17.9 Å². The molecule has 0 saturated carbocycles. The van der Waals surface area contributed by atoms with Crippen LogP contribution >= 0.6 is 0 Å².